The van der Waals surface area contributed by atoms with Gasteiger partial charge >= 0.3 is 0 Å². The Kier molecular flexibility index (Phi) is 6.56. The minimum absolute atomic E-state index is 0.0772. The third kappa shape index (κ3) is 5.48. The van der Waals surface area contributed by atoms with Crippen LogP contribution in [-0.4, -0.2) is 27.8 Å². The van der Waals surface area contributed by atoms with E-state index in [0.717, 1.165) is 11.8 Å². The van der Waals surface area contributed by atoms with Crippen molar-refractivity contribution in [3.05, 3.63) is 52.5 Å². The smallest absolute Gasteiger partial charge is 0.277 e. The predicted molar refractivity (Wildman–Crippen MR) is 110 cm³/mol. The van der Waals surface area contributed by atoms with Gasteiger partial charge in [-0.2, -0.15) is 0 Å². The lowest BCUT2D eigenvalue weighted by molar-refractivity contribution is -0.114. The van der Waals surface area contributed by atoms with Gasteiger partial charge in [-0.1, -0.05) is 41.0 Å². The number of halogens is 2. The summed E-state index contributed by atoms with van der Waals surface area (Å²) in [6, 6.07) is 11.9. The largest absolute Gasteiger partial charge is 0.411 e. The summed E-state index contributed by atoms with van der Waals surface area (Å²) >= 11 is 12.9. The molecule has 2 amide bonds. The Morgan fingerprint density at radius 1 is 1.04 bits per heavy atom. The topological polar surface area (TPSA) is 97.1 Å². The zero-order valence-electron chi connectivity index (χ0n) is 14.5. The lowest BCUT2D eigenvalue weighted by Gasteiger charge is -2.05. The van der Waals surface area contributed by atoms with Crippen LogP contribution < -0.4 is 10.6 Å². The highest BCUT2D eigenvalue weighted by atomic mass is 35.5. The second-order valence-corrected chi connectivity index (χ2v) is 7.34. The van der Waals surface area contributed by atoms with E-state index in [9.17, 15) is 9.59 Å². The maximum absolute atomic E-state index is 12.1. The van der Waals surface area contributed by atoms with Crippen LogP contribution in [0.2, 0.25) is 10.0 Å². The summed E-state index contributed by atoms with van der Waals surface area (Å²) in [5.41, 5.74) is 1.82. The SMILES string of the molecule is CC(=O)Nc1cccc(-c2nnc(SCC(=O)Nc3ccc(Cl)c(Cl)c3)o2)c1. The van der Waals surface area contributed by atoms with E-state index in [4.69, 9.17) is 27.6 Å². The van der Waals surface area contributed by atoms with Crippen molar-refractivity contribution in [2.24, 2.45) is 0 Å². The molecule has 0 fully saturated rings. The van der Waals surface area contributed by atoms with Crippen LogP contribution in [0.3, 0.4) is 0 Å². The third-order valence-corrected chi connectivity index (χ3v) is 4.92. The van der Waals surface area contributed by atoms with E-state index in [-0.39, 0.29) is 22.8 Å². The predicted octanol–water partition coefficient (Wildman–Crippen LogP) is 4.73. The lowest BCUT2D eigenvalue weighted by atomic mass is 10.2. The van der Waals surface area contributed by atoms with Crippen LogP contribution in [-0.2, 0) is 9.59 Å². The summed E-state index contributed by atoms with van der Waals surface area (Å²) in [4.78, 5) is 23.2. The molecule has 0 atom stereocenters. The molecule has 0 bridgehead atoms. The number of amides is 2. The van der Waals surface area contributed by atoms with Crippen LogP contribution >= 0.6 is 35.0 Å². The first kappa shape index (κ1) is 20.2. The summed E-state index contributed by atoms with van der Waals surface area (Å²) in [7, 11) is 0. The zero-order chi connectivity index (χ0) is 20.1. The number of hydrogen-bond acceptors (Lipinski definition) is 6. The minimum Gasteiger partial charge on any atom is -0.411 e. The Bertz CT molecular complexity index is 1030. The standard InChI is InChI=1S/C18H14Cl2N4O3S/c1-10(25)21-12-4-2-3-11(7-12)17-23-24-18(27-17)28-9-16(26)22-13-5-6-14(19)15(20)8-13/h2-8H,9H2,1H3,(H,21,25)(H,22,26). The number of anilines is 2. The van der Waals surface area contributed by atoms with Crippen LogP contribution in [0.25, 0.3) is 11.5 Å². The maximum Gasteiger partial charge on any atom is 0.277 e. The molecule has 10 heteroatoms. The van der Waals surface area contributed by atoms with Crippen molar-refractivity contribution in [3.63, 3.8) is 0 Å². The Balaban J connectivity index is 1.59. The van der Waals surface area contributed by atoms with E-state index in [1.165, 1.54) is 6.92 Å². The first-order chi connectivity index (χ1) is 13.4. The van der Waals surface area contributed by atoms with Gasteiger partial charge in [-0.3, -0.25) is 9.59 Å². The molecule has 3 rings (SSSR count). The van der Waals surface area contributed by atoms with Crippen molar-refractivity contribution in [3.8, 4) is 11.5 Å². The van der Waals surface area contributed by atoms with Gasteiger partial charge in [-0.05, 0) is 36.4 Å². The highest BCUT2D eigenvalue weighted by Crippen LogP contribution is 2.27. The zero-order valence-corrected chi connectivity index (χ0v) is 16.9. The average Bonchev–Trinajstić information content (AvgIpc) is 3.12. The number of benzene rings is 2. The van der Waals surface area contributed by atoms with E-state index in [2.05, 4.69) is 20.8 Å². The number of thioether (sulfide) groups is 1. The van der Waals surface area contributed by atoms with Gasteiger partial charge in [0.15, 0.2) is 0 Å². The Labute approximate surface area is 174 Å². The van der Waals surface area contributed by atoms with E-state index in [0.29, 0.717) is 32.9 Å². The molecule has 2 N–H and O–H groups in total. The number of aromatic nitrogens is 2. The molecule has 0 aliphatic rings. The third-order valence-electron chi connectivity index (χ3n) is 3.37. The molecule has 0 radical (unpaired) electrons. The van der Waals surface area contributed by atoms with E-state index >= 15 is 0 Å². The molecular formula is C18H14Cl2N4O3S. The van der Waals surface area contributed by atoms with Crippen molar-refractivity contribution in [1.29, 1.82) is 0 Å². The summed E-state index contributed by atoms with van der Waals surface area (Å²) in [5, 5.41) is 14.3. The number of nitrogens with zero attached hydrogens (tertiary/aromatic N) is 2. The highest BCUT2D eigenvalue weighted by Gasteiger charge is 2.12. The van der Waals surface area contributed by atoms with E-state index in [1.807, 2.05) is 0 Å². The fraction of sp³-hybridized carbons (Fsp3) is 0.111. The monoisotopic (exact) mass is 436 g/mol. The number of nitrogens with one attached hydrogen (secondary N) is 2. The van der Waals surface area contributed by atoms with Crippen molar-refractivity contribution in [1.82, 2.24) is 10.2 Å². The highest BCUT2D eigenvalue weighted by molar-refractivity contribution is 7.99. The first-order valence-corrected chi connectivity index (χ1v) is 9.74. The minimum atomic E-state index is -0.254. The number of rotatable bonds is 6. The molecular weight excluding hydrogens is 423 g/mol. The van der Waals surface area contributed by atoms with Crippen LogP contribution in [0.15, 0.2) is 52.1 Å². The molecule has 0 aliphatic carbocycles. The Hall–Kier alpha value is -2.55. The van der Waals surface area contributed by atoms with E-state index < -0.39 is 0 Å². The van der Waals surface area contributed by atoms with Crippen LogP contribution in [0.4, 0.5) is 11.4 Å². The average molecular weight is 437 g/mol. The fourth-order valence-corrected chi connectivity index (χ4v) is 3.08. The molecule has 3 aromatic rings. The van der Waals surface area contributed by atoms with Crippen LogP contribution in [0.1, 0.15) is 6.92 Å². The normalized spacial score (nSPS) is 10.5. The second-order valence-electron chi connectivity index (χ2n) is 5.60. The molecule has 144 valence electrons. The van der Waals surface area contributed by atoms with Crippen LogP contribution in [0, 0.1) is 0 Å². The number of carbonyl (C=O) groups excluding carboxylic acids is 2. The molecule has 0 saturated heterocycles. The van der Waals surface area contributed by atoms with E-state index in [1.54, 1.807) is 42.5 Å². The fourth-order valence-electron chi connectivity index (χ4n) is 2.22. The quantitative estimate of drug-likeness (QED) is 0.541. The summed E-state index contributed by atoms with van der Waals surface area (Å²) in [5.74, 6) is -0.0596. The molecule has 0 saturated carbocycles. The van der Waals surface area contributed by atoms with Gasteiger partial charge in [0, 0.05) is 23.9 Å². The first-order valence-electron chi connectivity index (χ1n) is 8.00. The van der Waals surface area contributed by atoms with Gasteiger partial charge < -0.3 is 15.1 Å². The summed E-state index contributed by atoms with van der Waals surface area (Å²) in [6.45, 7) is 1.43. The van der Waals surface area contributed by atoms with Gasteiger partial charge in [-0.25, -0.2) is 0 Å². The maximum atomic E-state index is 12.1. The summed E-state index contributed by atoms with van der Waals surface area (Å²) in [6.07, 6.45) is 0. The van der Waals surface area contributed by atoms with Gasteiger partial charge in [0.05, 0.1) is 15.8 Å². The van der Waals surface area contributed by atoms with Gasteiger partial charge in [-0.15, -0.1) is 10.2 Å². The number of carbonyl (C=O) groups is 2. The van der Waals surface area contributed by atoms with Crippen molar-refractivity contribution >= 4 is 58.2 Å². The lowest BCUT2D eigenvalue weighted by Crippen LogP contribution is -2.13. The van der Waals surface area contributed by atoms with Gasteiger partial charge in [0.2, 0.25) is 17.7 Å². The molecule has 7 nitrogen and oxygen atoms in total. The molecule has 1 aromatic heterocycles. The van der Waals surface area contributed by atoms with Crippen molar-refractivity contribution in [2.45, 2.75) is 12.1 Å². The second kappa shape index (κ2) is 9.09. The summed E-state index contributed by atoms with van der Waals surface area (Å²) < 4.78 is 5.57. The molecule has 0 aliphatic heterocycles. The van der Waals surface area contributed by atoms with Gasteiger partial charge in [0.25, 0.3) is 5.22 Å². The molecule has 0 spiro atoms. The molecule has 0 unspecified atom stereocenters. The molecule has 2 aromatic carbocycles. The molecule has 1 heterocycles. The van der Waals surface area contributed by atoms with Crippen molar-refractivity contribution in [2.75, 3.05) is 16.4 Å². The Morgan fingerprint density at radius 3 is 2.57 bits per heavy atom. The number of hydrogen-bond donors (Lipinski definition) is 2. The molecule has 28 heavy (non-hydrogen) atoms. The Morgan fingerprint density at radius 2 is 1.82 bits per heavy atom. The van der Waals surface area contributed by atoms with Crippen molar-refractivity contribution < 1.29 is 14.0 Å². The van der Waals surface area contributed by atoms with Crippen LogP contribution in [0.5, 0.6) is 0 Å². The van der Waals surface area contributed by atoms with Gasteiger partial charge in [0.1, 0.15) is 0 Å².